The second-order valence-electron chi connectivity index (χ2n) is 5.46. The van der Waals surface area contributed by atoms with Crippen LogP contribution in [0, 0.1) is 0 Å². The summed E-state index contributed by atoms with van der Waals surface area (Å²) in [5.41, 5.74) is 0.910. The first kappa shape index (κ1) is 16.0. The summed E-state index contributed by atoms with van der Waals surface area (Å²) in [7, 11) is 0. The summed E-state index contributed by atoms with van der Waals surface area (Å²) < 4.78 is 41.8. The molecule has 7 heteroatoms. The maximum atomic E-state index is 13.3. The quantitative estimate of drug-likeness (QED) is 0.562. The van der Waals surface area contributed by atoms with Gasteiger partial charge >= 0.3 is 6.18 Å². The molecule has 0 aliphatic carbocycles. The first-order valence-corrected chi connectivity index (χ1v) is 7.79. The Hall–Kier alpha value is -1.89. The lowest BCUT2D eigenvalue weighted by Gasteiger charge is -2.09. The molecule has 0 saturated carbocycles. The fourth-order valence-corrected chi connectivity index (χ4v) is 2.85. The molecule has 0 spiro atoms. The Kier molecular flexibility index (Phi) is 3.91. The number of aromatic nitrogens is 3. The van der Waals surface area contributed by atoms with Crippen LogP contribution in [0.15, 0.2) is 41.1 Å². The molecule has 0 bridgehead atoms. The fourth-order valence-electron chi connectivity index (χ4n) is 2.50. The van der Waals surface area contributed by atoms with Gasteiger partial charge in [0.15, 0.2) is 0 Å². The summed E-state index contributed by atoms with van der Waals surface area (Å²) >= 11 is 3.30. The van der Waals surface area contributed by atoms with Gasteiger partial charge in [0.05, 0.1) is 22.6 Å². The van der Waals surface area contributed by atoms with Crippen molar-refractivity contribution in [2.75, 3.05) is 0 Å². The average Bonchev–Trinajstić information content (AvgIpc) is 2.85. The third kappa shape index (κ3) is 2.85. The number of fused-ring (bicyclic) bond motifs is 1. The van der Waals surface area contributed by atoms with E-state index >= 15 is 0 Å². The highest BCUT2D eigenvalue weighted by atomic mass is 79.9. The van der Waals surface area contributed by atoms with Crippen LogP contribution in [0.5, 0.6) is 0 Å². The Morgan fingerprint density at radius 3 is 2.43 bits per heavy atom. The van der Waals surface area contributed by atoms with Gasteiger partial charge in [-0.05, 0) is 46.1 Å². The number of halogens is 4. The first-order chi connectivity index (χ1) is 10.8. The van der Waals surface area contributed by atoms with Crippen molar-refractivity contribution in [3.8, 4) is 11.4 Å². The molecule has 3 aromatic heterocycles. The van der Waals surface area contributed by atoms with E-state index in [2.05, 4.69) is 25.9 Å². The maximum Gasteiger partial charge on any atom is 0.419 e. The zero-order chi connectivity index (χ0) is 16.8. The molecule has 0 unspecified atom stereocenters. The number of hydrogen-bond acceptors (Lipinski definition) is 2. The predicted octanol–water partition coefficient (Wildman–Crippen LogP) is 5.30. The second kappa shape index (κ2) is 5.63. The van der Waals surface area contributed by atoms with E-state index in [4.69, 9.17) is 0 Å². The molecule has 0 amide bonds. The Morgan fingerprint density at radius 2 is 1.83 bits per heavy atom. The van der Waals surface area contributed by atoms with Crippen LogP contribution in [0.1, 0.15) is 31.0 Å². The standard InChI is InChI=1S/C16H13BrF3N3/c1-9(2)13-14(11-6-3-7-12(17)21-11)23-8-4-5-10(15(23)22-13)16(18,19)20/h3-9H,1-2H3. The van der Waals surface area contributed by atoms with Gasteiger partial charge in [-0.25, -0.2) is 9.97 Å². The van der Waals surface area contributed by atoms with E-state index in [-0.39, 0.29) is 11.6 Å². The van der Waals surface area contributed by atoms with Gasteiger partial charge in [0.1, 0.15) is 10.3 Å². The minimum absolute atomic E-state index is 0.0354. The highest BCUT2D eigenvalue weighted by Crippen LogP contribution is 2.36. The number of imidazole rings is 1. The molecule has 0 aliphatic rings. The maximum absolute atomic E-state index is 13.3. The van der Waals surface area contributed by atoms with Crippen molar-refractivity contribution in [2.24, 2.45) is 0 Å². The van der Waals surface area contributed by atoms with Crippen LogP contribution in [0.2, 0.25) is 0 Å². The minimum atomic E-state index is -4.45. The van der Waals surface area contributed by atoms with Gasteiger partial charge in [-0.3, -0.25) is 4.40 Å². The van der Waals surface area contributed by atoms with E-state index in [0.717, 1.165) is 6.07 Å². The van der Waals surface area contributed by atoms with Gasteiger partial charge in [-0.1, -0.05) is 19.9 Å². The molecule has 0 N–H and O–H groups in total. The first-order valence-electron chi connectivity index (χ1n) is 7.00. The lowest BCUT2D eigenvalue weighted by Crippen LogP contribution is -2.07. The number of nitrogens with zero attached hydrogens (tertiary/aromatic N) is 3. The number of pyridine rings is 2. The Labute approximate surface area is 139 Å². The van der Waals surface area contributed by atoms with Crippen LogP contribution in [0.3, 0.4) is 0 Å². The highest BCUT2D eigenvalue weighted by Gasteiger charge is 2.35. The number of hydrogen-bond donors (Lipinski definition) is 0. The molecule has 23 heavy (non-hydrogen) atoms. The smallest absolute Gasteiger partial charge is 0.297 e. The molecule has 0 aliphatic heterocycles. The summed E-state index contributed by atoms with van der Waals surface area (Å²) in [4.78, 5) is 8.65. The SMILES string of the molecule is CC(C)c1nc2c(C(F)(F)F)cccn2c1-c1cccc(Br)n1. The van der Waals surface area contributed by atoms with Gasteiger partial charge in [0.2, 0.25) is 0 Å². The van der Waals surface area contributed by atoms with Gasteiger partial charge in [0, 0.05) is 6.20 Å². The summed E-state index contributed by atoms with van der Waals surface area (Å²) in [5, 5.41) is 0. The van der Waals surface area contributed by atoms with Crippen LogP contribution in [0.25, 0.3) is 17.0 Å². The molecular formula is C16H13BrF3N3. The topological polar surface area (TPSA) is 30.2 Å². The largest absolute Gasteiger partial charge is 0.419 e. The lowest BCUT2D eigenvalue weighted by atomic mass is 10.1. The molecule has 0 atom stereocenters. The van der Waals surface area contributed by atoms with Crippen molar-refractivity contribution in [1.29, 1.82) is 0 Å². The Balaban J connectivity index is 2.39. The molecule has 3 nitrogen and oxygen atoms in total. The number of rotatable bonds is 2. The van der Waals surface area contributed by atoms with E-state index in [0.29, 0.717) is 21.7 Å². The third-order valence-electron chi connectivity index (χ3n) is 3.49. The number of alkyl halides is 3. The molecule has 0 saturated heterocycles. The molecule has 0 radical (unpaired) electrons. The van der Waals surface area contributed by atoms with E-state index in [9.17, 15) is 13.2 Å². The van der Waals surface area contributed by atoms with Crippen molar-refractivity contribution in [2.45, 2.75) is 25.9 Å². The fraction of sp³-hybridized carbons (Fsp3) is 0.250. The van der Waals surface area contributed by atoms with Crippen molar-refractivity contribution < 1.29 is 13.2 Å². The molecular weight excluding hydrogens is 371 g/mol. The normalized spacial score (nSPS) is 12.3. The molecule has 3 rings (SSSR count). The zero-order valence-corrected chi connectivity index (χ0v) is 14.0. The van der Waals surface area contributed by atoms with E-state index in [1.165, 1.54) is 10.5 Å². The van der Waals surface area contributed by atoms with E-state index in [1.807, 2.05) is 13.8 Å². The molecule has 120 valence electrons. The summed E-state index contributed by atoms with van der Waals surface area (Å²) in [5.74, 6) is -0.0354. The van der Waals surface area contributed by atoms with Crippen LogP contribution in [-0.4, -0.2) is 14.4 Å². The minimum Gasteiger partial charge on any atom is -0.297 e. The van der Waals surface area contributed by atoms with Crippen LogP contribution < -0.4 is 0 Å². The Bertz CT molecular complexity index is 869. The predicted molar refractivity (Wildman–Crippen MR) is 85.2 cm³/mol. The van der Waals surface area contributed by atoms with Gasteiger partial charge < -0.3 is 0 Å². The summed E-state index contributed by atoms with van der Waals surface area (Å²) in [6.45, 7) is 3.80. The van der Waals surface area contributed by atoms with Crippen LogP contribution in [-0.2, 0) is 6.18 Å². The van der Waals surface area contributed by atoms with Gasteiger partial charge in [-0.15, -0.1) is 0 Å². The van der Waals surface area contributed by atoms with Gasteiger partial charge in [0.25, 0.3) is 0 Å². The van der Waals surface area contributed by atoms with E-state index < -0.39 is 11.7 Å². The monoisotopic (exact) mass is 383 g/mol. The molecule has 3 heterocycles. The third-order valence-corrected chi connectivity index (χ3v) is 3.93. The average molecular weight is 384 g/mol. The van der Waals surface area contributed by atoms with Crippen molar-refractivity contribution in [3.05, 3.63) is 52.4 Å². The molecule has 3 aromatic rings. The summed E-state index contributed by atoms with van der Waals surface area (Å²) in [6.07, 6.45) is -2.87. The van der Waals surface area contributed by atoms with Crippen molar-refractivity contribution >= 4 is 21.6 Å². The highest BCUT2D eigenvalue weighted by molar-refractivity contribution is 9.10. The van der Waals surface area contributed by atoms with Crippen molar-refractivity contribution in [3.63, 3.8) is 0 Å². The lowest BCUT2D eigenvalue weighted by molar-refractivity contribution is -0.136. The molecule has 0 aromatic carbocycles. The Morgan fingerprint density at radius 1 is 1.09 bits per heavy atom. The van der Waals surface area contributed by atoms with Crippen LogP contribution >= 0.6 is 15.9 Å². The van der Waals surface area contributed by atoms with Gasteiger partial charge in [-0.2, -0.15) is 13.2 Å². The molecule has 0 fully saturated rings. The van der Waals surface area contributed by atoms with Crippen LogP contribution in [0.4, 0.5) is 13.2 Å². The second-order valence-corrected chi connectivity index (χ2v) is 6.27. The summed E-state index contributed by atoms with van der Waals surface area (Å²) in [6, 6.07) is 7.75. The van der Waals surface area contributed by atoms with E-state index in [1.54, 1.807) is 24.4 Å². The van der Waals surface area contributed by atoms with Crippen molar-refractivity contribution in [1.82, 2.24) is 14.4 Å². The zero-order valence-electron chi connectivity index (χ0n) is 12.4.